The van der Waals surface area contributed by atoms with Crippen LogP contribution in [0.4, 0.5) is 0 Å². The smallest absolute Gasteiger partial charge is 0.190 e. The minimum Gasteiger partial charge on any atom is -0.347 e. The van der Waals surface area contributed by atoms with Crippen LogP contribution >= 0.6 is 37.2 Å². The highest BCUT2D eigenvalue weighted by Gasteiger charge is 2.37. The summed E-state index contributed by atoms with van der Waals surface area (Å²) >= 11 is 4.24. The summed E-state index contributed by atoms with van der Waals surface area (Å²) in [5.74, 6) is -0.0971. The molecule has 2 aromatic carbocycles. The third-order valence-electron chi connectivity index (χ3n) is 10.6. The molecule has 0 fully saturated rings. The third-order valence-corrected chi connectivity index (χ3v) is 10.6. The summed E-state index contributed by atoms with van der Waals surface area (Å²) in [4.78, 5) is 28.9. The largest absolute Gasteiger partial charge is 0.347 e. The fraction of sp³-hybridized carbons (Fsp3) is 0.389. The summed E-state index contributed by atoms with van der Waals surface area (Å²) < 4.78 is 4.39. The number of ketones is 2. The van der Waals surface area contributed by atoms with Gasteiger partial charge in [-0.1, -0.05) is 0 Å². The molecule has 0 spiro atoms. The molecule has 0 radical (unpaired) electrons. The van der Waals surface area contributed by atoms with Crippen LogP contribution in [-0.4, -0.2) is 20.7 Å². The third kappa shape index (κ3) is 4.25. The van der Waals surface area contributed by atoms with Gasteiger partial charge in [0.05, 0.1) is 11.0 Å². The summed E-state index contributed by atoms with van der Waals surface area (Å²) in [6.45, 7) is 25.0. The highest BCUT2D eigenvalue weighted by atomic mass is 128. The Labute approximate surface area is 273 Å². The Morgan fingerprint density at radius 3 is 0.976 bits per heavy atom. The number of carbonyl (C=O) groups is 2. The number of nitrogens with zero attached hydrogens (tertiary/aromatic N) is 2. The first-order valence-corrected chi connectivity index (χ1v) is 20.6. The molecule has 0 amide bonds. The molecular formula is C36H42I2N2O2. The first-order valence-electron chi connectivity index (χ1n) is 14.3. The lowest BCUT2D eigenvalue weighted by Crippen LogP contribution is -2.21. The van der Waals surface area contributed by atoms with Crippen molar-refractivity contribution in [2.75, 3.05) is 0 Å². The number of carbonyl (C=O) groups excluding carboxylic acids is 2. The molecule has 2 aromatic heterocycles. The maximum Gasteiger partial charge on any atom is 0.190 e. The molecule has 0 N–H and O–H groups in total. The van der Waals surface area contributed by atoms with Crippen molar-refractivity contribution in [2.45, 2.75) is 83.1 Å². The number of aromatic nitrogens is 2. The standard InChI is InChI=1S/C36H42N2O2.I2/c1-15-17(3)21(7)33-27(19(15)5)31(25(11)37(33)13)29-23(9)36(40)30(24(10)35(29)39)32-26(12)38(14)34-22(8)18(4)16(2)20(6)28(32)34;1-2/h1-14H3;. The predicted octanol–water partition coefficient (Wildman–Crippen LogP) is 9.92. The van der Waals surface area contributed by atoms with E-state index in [1.807, 2.05) is 13.8 Å². The number of fused-ring (bicyclic) bond motifs is 2. The van der Waals surface area contributed by atoms with Crippen molar-refractivity contribution in [1.29, 1.82) is 0 Å². The number of benzene rings is 2. The Morgan fingerprint density at radius 2 is 0.690 bits per heavy atom. The summed E-state index contributed by atoms with van der Waals surface area (Å²) in [5.41, 5.74) is 18.1. The van der Waals surface area contributed by atoms with Gasteiger partial charge in [-0.25, -0.2) is 0 Å². The van der Waals surface area contributed by atoms with E-state index in [-0.39, 0.29) is 11.6 Å². The highest BCUT2D eigenvalue weighted by Crippen LogP contribution is 2.46. The van der Waals surface area contributed by atoms with Crippen LogP contribution < -0.4 is 0 Å². The second-order valence-corrected chi connectivity index (χ2v) is 12.1. The molecular weight excluding hydrogens is 746 g/mol. The number of hydrogen-bond donors (Lipinski definition) is 0. The van der Waals surface area contributed by atoms with E-state index in [2.05, 4.69) is 130 Å². The van der Waals surface area contributed by atoms with Crippen LogP contribution in [0.5, 0.6) is 0 Å². The van der Waals surface area contributed by atoms with Gasteiger partial charge in [0, 0.05) is 107 Å². The summed E-state index contributed by atoms with van der Waals surface area (Å²) in [6.07, 6.45) is 0. The molecule has 0 bridgehead atoms. The van der Waals surface area contributed by atoms with Crippen LogP contribution in [-0.2, 0) is 23.7 Å². The maximum absolute atomic E-state index is 14.5. The van der Waals surface area contributed by atoms with Gasteiger partial charge in [0.2, 0.25) is 0 Å². The zero-order valence-electron chi connectivity index (χ0n) is 27.5. The van der Waals surface area contributed by atoms with Crippen molar-refractivity contribution < 1.29 is 9.59 Å². The Kier molecular flexibility index (Phi) is 8.86. The van der Waals surface area contributed by atoms with E-state index in [0.717, 1.165) is 44.3 Å². The predicted molar refractivity (Wildman–Crippen MR) is 196 cm³/mol. The van der Waals surface area contributed by atoms with Gasteiger partial charge in [0.1, 0.15) is 0 Å². The second kappa shape index (κ2) is 11.4. The van der Waals surface area contributed by atoms with E-state index in [4.69, 9.17) is 0 Å². The van der Waals surface area contributed by atoms with E-state index in [9.17, 15) is 9.59 Å². The minimum absolute atomic E-state index is 0.0485. The molecule has 5 rings (SSSR count). The quantitative estimate of drug-likeness (QED) is 0.150. The summed E-state index contributed by atoms with van der Waals surface area (Å²) in [7, 11) is 4.13. The molecule has 0 atom stereocenters. The Balaban J connectivity index is 0.00000198. The van der Waals surface area contributed by atoms with Crippen LogP contribution in [0, 0.1) is 69.2 Å². The number of allylic oxidation sites excluding steroid dienone is 4. The molecule has 0 saturated heterocycles. The van der Waals surface area contributed by atoms with Crippen LogP contribution in [0.15, 0.2) is 11.1 Å². The van der Waals surface area contributed by atoms with Crippen LogP contribution in [0.3, 0.4) is 0 Å². The van der Waals surface area contributed by atoms with Gasteiger partial charge in [-0.3, -0.25) is 9.59 Å². The Hall–Kier alpha value is -2.20. The molecule has 0 saturated carbocycles. The maximum atomic E-state index is 14.5. The first kappa shape index (κ1) is 32.7. The SMILES string of the molecule is CC1=C(c2c(C)n(C)c3c(C)c(C)c(C)c(C)c23)C(=O)C(C)=C(c2c(C)n(C)c3c(C)c(C)c(C)c(C)c23)C1=O.II. The number of halogens is 2. The lowest BCUT2D eigenvalue weighted by Gasteiger charge is -2.23. The molecule has 4 aromatic rings. The van der Waals surface area contributed by atoms with Crippen molar-refractivity contribution in [1.82, 2.24) is 9.13 Å². The Morgan fingerprint density at radius 1 is 0.429 bits per heavy atom. The highest BCUT2D eigenvalue weighted by molar-refractivity contribution is 15.0. The van der Waals surface area contributed by atoms with Crippen molar-refractivity contribution >= 4 is 81.8 Å². The second-order valence-electron chi connectivity index (χ2n) is 12.1. The van der Waals surface area contributed by atoms with Gasteiger partial charge in [-0.05, 0) is 128 Å². The molecule has 1 aliphatic rings. The van der Waals surface area contributed by atoms with Gasteiger partial charge in [0.25, 0.3) is 0 Å². The molecule has 4 nitrogen and oxygen atoms in total. The van der Waals surface area contributed by atoms with Crippen LogP contribution in [0.1, 0.15) is 80.9 Å². The topological polar surface area (TPSA) is 44.0 Å². The molecule has 0 unspecified atom stereocenters. The first-order chi connectivity index (χ1) is 19.6. The average molecular weight is 789 g/mol. The van der Waals surface area contributed by atoms with Gasteiger partial charge >= 0.3 is 0 Å². The zero-order chi connectivity index (χ0) is 31.9. The fourth-order valence-electron chi connectivity index (χ4n) is 7.22. The van der Waals surface area contributed by atoms with Gasteiger partial charge in [0.15, 0.2) is 11.6 Å². The van der Waals surface area contributed by atoms with Gasteiger partial charge in [-0.15, -0.1) is 0 Å². The monoisotopic (exact) mass is 788 g/mol. The number of Topliss-reactive ketones (excluding diaryl/α,β-unsaturated/α-hetero) is 2. The van der Waals surface area contributed by atoms with E-state index in [0.29, 0.717) is 22.3 Å². The number of rotatable bonds is 2. The number of hydrogen-bond acceptors (Lipinski definition) is 2. The molecule has 1 aliphatic carbocycles. The van der Waals surface area contributed by atoms with Crippen molar-refractivity contribution in [2.24, 2.45) is 14.1 Å². The Bertz CT molecular complexity index is 1820. The van der Waals surface area contributed by atoms with Crippen molar-refractivity contribution in [3.8, 4) is 0 Å². The normalized spacial score (nSPS) is 14.1. The molecule has 222 valence electrons. The van der Waals surface area contributed by atoms with Crippen molar-refractivity contribution in [3.63, 3.8) is 0 Å². The minimum atomic E-state index is -0.0485. The lowest BCUT2D eigenvalue weighted by atomic mass is 9.77. The summed E-state index contributed by atoms with van der Waals surface area (Å²) in [5, 5.41) is 2.18. The van der Waals surface area contributed by atoms with Crippen LogP contribution in [0.25, 0.3) is 33.0 Å². The fourth-order valence-corrected chi connectivity index (χ4v) is 7.22. The lowest BCUT2D eigenvalue weighted by molar-refractivity contribution is -0.113. The van der Waals surface area contributed by atoms with Gasteiger partial charge in [-0.2, -0.15) is 0 Å². The van der Waals surface area contributed by atoms with Gasteiger partial charge < -0.3 is 9.13 Å². The van der Waals surface area contributed by atoms with E-state index < -0.39 is 0 Å². The van der Waals surface area contributed by atoms with E-state index >= 15 is 0 Å². The molecule has 42 heavy (non-hydrogen) atoms. The van der Waals surface area contributed by atoms with Crippen molar-refractivity contribution in [3.05, 3.63) is 78.2 Å². The van der Waals surface area contributed by atoms with E-state index in [1.54, 1.807) is 0 Å². The number of aryl methyl sites for hydroxylation is 6. The zero-order valence-corrected chi connectivity index (χ0v) is 31.8. The molecule has 0 aliphatic heterocycles. The molecule has 2 heterocycles. The van der Waals surface area contributed by atoms with Crippen LogP contribution in [0.2, 0.25) is 0 Å². The molecule has 6 heteroatoms. The summed E-state index contributed by atoms with van der Waals surface area (Å²) in [6, 6.07) is 0. The average Bonchev–Trinajstić information content (AvgIpc) is 3.38. The van der Waals surface area contributed by atoms with E-state index in [1.165, 1.54) is 44.5 Å².